The molecule has 1 atom stereocenters. The minimum absolute atomic E-state index is 0.555. The van der Waals surface area contributed by atoms with Crippen LogP contribution >= 0.6 is 0 Å². The van der Waals surface area contributed by atoms with Crippen molar-refractivity contribution in [1.82, 2.24) is 0 Å². The predicted octanol–water partition coefficient (Wildman–Crippen LogP) is 4.04. The molecule has 1 unspecified atom stereocenters. The lowest BCUT2D eigenvalue weighted by atomic mass is 9.79. The summed E-state index contributed by atoms with van der Waals surface area (Å²) < 4.78 is 10.7. The minimum atomic E-state index is 0.555. The summed E-state index contributed by atoms with van der Waals surface area (Å²) in [6, 6.07) is 12.9. The maximum Gasteiger partial charge on any atom is 0.120 e. The molecule has 0 amide bonds. The molecule has 0 N–H and O–H groups in total. The first kappa shape index (κ1) is 15.7. The highest BCUT2D eigenvalue weighted by Crippen LogP contribution is 2.39. The third-order valence-corrected chi connectivity index (χ3v) is 4.80. The highest BCUT2D eigenvalue weighted by molar-refractivity contribution is 5.58. The zero-order valence-electron chi connectivity index (χ0n) is 14.4. The first-order chi connectivity index (χ1) is 11.1. The molecule has 23 heavy (non-hydrogen) atoms. The number of benzene rings is 2. The van der Waals surface area contributed by atoms with Crippen molar-refractivity contribution in [3.05, 3.63) is 53.1 Å². The molecule has 0 saturated heterocycles. The topological polar surface area (TPSA) is 21.7 Å². The largest absolute Gasteiger partial charge is 0.497 e. The van der Waals surface area contributed by atoms with Gasteiger partial charge in [0.25, 0.3) is 0 Å². The Morgan fingerprint density at radius 2 is 1.61 bits per heavy atom. The second kappa shape index (κ2) is 6.53. The molecule has 1 aliphatic rings. The quantitative estimate of drug-likeness (QED) is 0.850. The van der Waals surface area contributed by atoms with Gasteiger partial charge in [0.15, 0.2) is 0 Å². The van der Waals surface area contributed by atoms with Gasteiger partial charge in [0.05, 0.1) is 14.2 Å². The van der Waals surface area contributed by atoms with Gasteiger partial charge in [0.1, 0.15) is 11.5 Å². The molecule has 1 aliphatic carbocycles. The van der Waals surface area contributed by atoms with Gasteiger partial charge < -0.3 is 14.4 Å². The summed E-state index contributed by atoms with van der Waals surface area (Å²) in [7, 11) is 7.65. The Hall–Kier alpha value is -2.16. The monoisotopic (exact) mass is 311 g/mol. The fourth-order valence-corrected chi connectivity index (χ4v) is 3.51. The van der Waals surface area contributed by atoms with Crippen LogP contribution in [0.5, 0.6) is 11.5 Å². The first-order valence-corrected chi connectivity index (χ1v) is 8.13. The molecule has 122 valence electrons. The standard InChI is InChI=1S/C20H25NO2/c1-21(2)20-13-18(23-4)9-10-19(20)16-6-5-15-12-17(22-3)8-7-14(15)11-16/h7-10,12-13,16H,5-6,11H2,1-4H3. The van der Waals surface area contributed by atoms with Crippen LogP contribution in [-0.4, -0.2) is 28.3 Å². The smallest absolute Gasteiger partial charge is 0.120 e. The molecule has 3 nitrogen and oxygen atoms in total. The van der Waals surface area contributed by atoms with Gasteiger partial charge in [0.2, 0.25) is 0 Å². The zero-order chi connectivity index (χ0) is 16.4. The maximum atomic E-state index is 5.39. The van der Waals surface area contributed by atoms with E-state index in [1.54, 1.807) is 14.2 Å². The average Bonchev–Trinajstić information content (AvgIpc) is 2.60. The predicted molar refractivity (Wildman–Crippen MR) is 95.1 cm³/mol. The molecule has 2 aromatic rings. The van der Waals surface area contributed by atoms with E-state index in [-0.39, 0.29) is 0 Å². The van der Waals surface area contributed by atoms with Crippen LogP contribution in [0.3, 0.4) is 0 Å². The van der Waals surface area contributed by atoms with Crippen molar-refractivity contribution in [3.63, 3.8) is 0 Å². The lowest BCUT2D eigenvalue weighted by Gasteiger charge is -2.29. The van der Waals surface area contributed by atoms with Gasteiger partial charge in [-0.1, -0.05) is 12.1 Å². The summed E-state index contributed by atoms with van der Waals surface area (Å²) in [4.78, 5) is 2.18. The van der Waals surface area contributed by atoms with Crippen molar-refractivity contribution in [3.8, 4) is 11.5 Å². The van der Waals surface area contributed by atoms with Gasteiger partial charge in [-0.2, -0.15) is 0 Å². The molecule has 0 bridgehead atoms. The summed E-state index contributed by atoms with van der Waals surface area (Å²) in [5, 5.41) is 0. The van der Waals surface area contributed by atoms with Crippen molar-refractivity contribution >= 4 is 5.69 Å². The Kier molecular flexibility index (Phi) is 4.46. The third-order valence-electron chi connectivity index (χ3n) is 4.80. The fourth-order valence-electron chi connectivity index (χ4n) is 3.51. The van der Waals surface area contributed by atoms with Crippen LogP contribution < -0.4 is 14.4 Å². The number of hydrogen-bond acceptors (Lipinski definition) is 3. The minimum Gasteiger partial charge on any atom is -0.497 e. The van der Waals surface area contributed by atoms with E-state index in [0.717, 1.165) is 24.3 Å². The number of ether oxygens (including phenoxy) is 2. The Morgan fingerprint density at radius 1 is 0.913 bits per heavy atom. The van der Waals surface area contributed by atoms with Crippen molar-refractivity contribution in [1.29, 1.82) is 0 Å². The molecule has 0 saturated carbocycles. The summed E-state index contributed by atoms with van der Waals surface area (Å²) in [5.74, 6) is 2.43. The van der Waals surface area contributed by atoms with Gasteiger partial charge in [-0.15, -0.1) is 0 Å². The van der Waals surface area contributed by atoms with E-state index in [9.17, 15) is 0 Å². The molecular weight excluding hydrogens is 286 g/mol. The molecule has 0 radical (unpaired) electrons. The normalized spacial score (nSPS) is 16.6. The van der Waals surface area contributed by atoms with Crippen LogP contribution in [-0.2, 0) is 12.8 Å². The summed E-state index contributed by atoms with van der Waals surface area (Å²) in [6.45, 7) is 0. The Labute approximate surface area is 138 Å². The third kappa shape index (κ3) is 3.14. The van der Waals surface area contributed by atoms with Crippen molar-refractivity contribution in [2.45, 2.75) is 25.2 Å². The highest BCUT2D eigenvalue weighted by atomic mass is 16.5. The lowest BCUT2D eigenvalue weighted by molar-refractivity contribution is 0.413. The van der Waals surface area contributed by atoms with E-state index >= 15 is 0 Å². The Morgan fingerprint density at radius 3 is 2.30 bits per heavy atom. The summed E-state index contributed by atoms with van der Waals surface area (Å²) in [6.07, 6.45) is 3.37. The molecule has 0 aromatic heterocycles. The van der Waals surface area contributed by atoms with E-state index in [4.69, 9.17) is 9.47 Å². The molecule has 0 aliphatic heterocycles. The van der Waals surface area contributed by atoms with E-state index in [0.29, 0.717) is 5.92 Å². The molecule has 0 heterocycles. The number of anilines is 1. The number of aryl methyl sites for hydroxylation is 1. The average molecular weight is 311 g/mol. The van der Waals surface area contributed by atoms with Gasteiger partial charge in [-0.3, -0.25) is 0 Å². The maximum absolute atomic E-state index is 5.39. The van der Waals surface area contributed by atoms with E-state index < -0.39 is 0 Å². The van der Waals surface area contributed by atoms with Gasteiger partial charge in [-0.25, -0.2) is 0 Å². The SMILES string of the molecule is COc1ccc2c(c1)CCC(c1ccc(OC)cc1N(C)C)C2. The molecular formula is C20H25NO2. The van der Waals surface area contributed by atoms with Gasteiger partial charge >= 0.3 is 0 Å². The second-order valence-corrected chi connectivity index (χ2v) is 6.39. The number of nitrogens with zero attached hydrogens (tertiary/aromatic N) is 1. The van der Waals surface area contributed by atoms with E-state index in [2.05, 4.69) is 55.4 Å². The number of hydrogen-bond donors (Lipinski definition) is 0. The first-order valence-electron chi connectivity index (χ1n) is 8.13. The highest BCUT2D eigenvalue weighted by Gasteiger charge is 2.23. The van der Waals surface area contributed by atoms with Crippen LogP contribution in [0.1, 0.15) is 29.0 Å². The Bertz CT molecular complexity index is 694. The summed E-state index contributed by atoms with van der Waals surface area (Å²) >= 11 is 0. The number of rotatable bonds is 4. The molecule has 0 fully saturated rings. The fraction of sp³-hybridized carbons (Fsp3) is 0.400. The summed E-state index contributed by atoms with van der Waals surface area (Å²) in [5.41, 5.74) is 5.55. The molecule has 3 rings (SSSR count). The van der Waals surface area contributed by atoms with Crippen LogP contribution in [0.2, 0.25) is 0 Å². The van der Waals surface area contributed by atoms with E-state index in [1.807, 2.05) is 0 Å². The van der Waals surface area contributed by atoms with E-state index in [1.165, 1.54) is 28.8 Å². The van der Waals surface area contributed by atoms with Crippen molar-refractivity contribution in [2.75, 3.05) is 33.2 Å². The van der Waals surface area contributed by atoms with Crippen LogP contribution in [0, 0.1) is 0 Å². The van der Waals surface area contributed by atoms with Crippen LogP contribution in [0.4, 0.5) is 5.69 Å². The number of methoxy groups -OCH3 is 2. The molecule has 3 heteroatoms. The molecule has 0 spiro atoms. The molecule has 2 aromatic carbocycles. The van der Waals surface area contributed by atoms with Gasteiger partial charge in [-0.05, 0) is 60.1 Å². The zero-order valence-corrected chi connectivity index (χ0v) is 14.4. The number of fused-ring (bicyclic) bond motifs is 1. The van der Waals surface area contributed by atoms with Crippen molar-refractivity contribution in [2.24, 2.45) is 0 Å². The lowest BCUT2D eigenvalue weighted by Crippen LogP contribution is -2.18. The van der Waals surface area contributed by atoms with Crippen molar-refractivity contribution < 1.29 is 9.47 Å². The Balaban J connectivity index is 1.91. The van der Waals surface area contributed by atoms with Crippen LogP contribution in [0.25, 0.3) is 0 Å². The van der Waals surface area contributed by atoms with Gasteiger partial charge in [0, 0.05) is 25.8 Å². The second-order valence-electron chi connectivity index (χ2n) is 6.39. The van der Waals surface area contributed by atoms with Crippen LogP contribution in [0.15, 0.2) is 36.4 Å².